The molecular weight excluding hydrogens is 326 g/mol. The van der Waals surface area contributed by atoms with Crippen molar-refractivity contribution < 1.29 is 14.3 Å². The first-order valence-corrected chi connectivity index (χ1v) is 8.49. The first-order chi connectivity index (χ1) is 12.6. The fourth-order valence-corrected chi connectivity index (χ4v) is 2.57. The summed E-state index contributed by atoms with van der Waals surface area (Å²) in [7, 11) is 0. The molecule has 1 heterocycles. The lowest BCUT2D eigenvalue weighted by atomic mass is 10.1. The maximum Gasteiger partial charge on any atom is 0.345 e. The summed E-state index contributed by atoms with van der Waals surface area (Å²) in [6.45, 7) is 3.89. The lowest BCUT2D eigenvalue weighted by Gasteiger charge is -2.18. The van der Waals surface area contributed by atoms with E-state index in [1.54, 1.807) is 6.20 Å². The number of aromatic nitrogens is 1. The van der Waals surface area contributed by atoms with Crippen LogP contribution in [0, 0.1) is 13.8 Å². The van der Waals surface area contributed by atoms with Gasteiger partial charge in [-0.15, -0.1) is 0 Å². The van der Waals surface area contributed by atoms with E-state index < -0.39 is 12.1 Å². The first-order valence-electron chi connectivity index (χ1n) is 8.49. The van der Waals surface area contributed by atoms with Crippen LogP contribution in [0.15, 0.2) is 72.9 Å². The number of esters is 1. The van der Waals surface area contributed by atoms with Crippen LogP contribution in [0.1, 0.15) is 28.5 Å². The van der Waals surface area contributed by atoms with E-state index in [0.29, 0.717) is 11.4 Å². The Morgan fingerprint density at radius 2 is 1.73 bits per heavy atom. The molecule has 0 fully saturated rings. The van der Waals surface area contributed by atoms with E-state index in [0.717, 1.165) is 11.1 Å². The van der Waals surface area contributed by atoms with Crippen LogP contribution in [0.2, 0.25) is 0 Å². The molecule has 26 heavy (non-hydrogen) atoms. The van der Waals surface area contributed by atoms with Crippen LogP contribution in [0.5, 0.6) is 5.75 Å². The van der Waals surface area contributed by atoms with Crippen molar-refractivity contribution in [2.24, 2.45) is 0 Å². The molecule has 132 valence electrons. The molecule has 0 bridgehead atoms. The number of hydrogen-bond donors (Lipinski definition) is 0. The second kappa shape index (κ2) is 8.30. The Morgan fingerprint density at radius 1 is 0.962 bits per heavy atom. The molecule has 1 atom stereocenters. The summed E-state index contributed by atoms with van der Waals surface area (Å²) in [5, 5.41) is 0. The maximum atomic E-state index is 12.4. The third-order valence-corrected chi connectivity index (χ3v) is 4.14. The summed E-state index contributed by atoms with van der Waals surface area (Å²) >= 11 is 0. The molecular formula is C22H21NO3. The molecule has 0 N–H and O–H groups in total. The lowest BCUT2D eigenvalue weighted by Crippen LogP contribution is -2.19. The van der Waals surface area contributed by atoms with E-state index in [4.69, 9.17) is 9.47 Å². The Kier molecular flexibility index (Phi) is 5.64. The normalized spacial score (nSPS) is 11.6. The number of carbonyl (C=O) groups is 1. The smallest absolute Gasteiger partial charge is 0.345 e. The summed E-state index contributed by atoms with van der Waals surface area (Å²) in [6, 6.07) is 20.8. The molecule has 0 amide bonds. The van der Waals surface area contributed by atoms with Crippen molar-refractivity contribution in [2.45, 2.75) is 20.0 Å². The second-order valence-electron chi connectivity index (χ2n) is 6.07. The van der Waals surface area contributed by atoms with Gasteiger partial charge < -0.3 is 9.47 Å². The van der Waals surface area contributed by atoms with Gasteiger partial charge in [0.15, 0.2) is 12.7 Å². The van der Waals surface area contributed by atoms with Crippen molar-refractivity contribution in [2.75, 3.05) is 6.61 Å². The Hall–Kier alpha value is -3.14. The van der Waals surface area contributed by atoms with Gasteiger partial charge in [-0.05, 0) is 54.8 Å². The Labute approximate surface area is 153 Å². The van der Waals surface area contributed by atoms with Gasteiger partial charge in [-0.3, -0.25) is 4.98 Å². The molecule has 3 aromatic rings. The molecule has 0 aliphatic rings. The van der Waals surface area contributed by atoms with Crippen molar-refractivity contribution in [3.8, 4) is 5.75 Å². The predicted octanol–water partition coefficient (Wildman–Crippen LogP) is 4.41. The number of rotatable bonds is 6. The largest absolute Gasteiger partial charge is 0.482 e. The van der Waals surface area contributed by atoms with Gasteiger partial charge in [0, 0.05) is 6.20 Å². The number of carbonyl (C=O) groups excluding carboxylic acids is 1. The van der Waals surface area contributed by atoms with Crippen LogP contribution < -0.4 is 4.74 Å². The zero-order valence-electron chi connectivity index (χ0n) is 14.9. The molecule has 0 saturated heterocycles. The highest BCUT2D eigenvalue weighted by Gasteiger charge is 2.20. The van der Waals surface area contributed by atoms with Gasteiger partial charge in [0.05, 0.1) is 5.69 Å². The maximum absolute atomic E-state index is 12.4. The molecule has 1 unspecified atom stereocenters. The van der Waals surface area contributed by atoms with Gasteiger partial charge in [-0.1, -0.05) is 42.5 Å². The van der Waals surface area contributed by atoms with Crippen molar-refractivity contribution in [3.05, 3.63) is 95.3 Å². The van der Waals surface area contributed by atoms with Gasteiger partial charge in [-0.25, -0.2) is 4.79 Å². The molecule has 0 radical (unpaired) electrons. The third kappa shape index (κ3) is 4.48. The number of nitrogens with zero attached hydrogens (tertiary/aromatic N) is 1. The molecule has 4 heteroatoms. The Morgan fingerprint density at radius 3 is 2.42 bits per heavy atom. The molecule has 3 rings (SSSR count). The van der Waals surface area contributed by atoms with Crippen LogP contribution in [-0.2, 0) is 9.53 Å². The van der Waals surface area contributed by atoms with E-state index >= 15 is 0 Å². The van der Waals surface area contributed by atoms with Crippen molar-refractivity contribution in [1.29, 1.82) is 0 Å². The minimum absolute atomic E-state index is 0.154. The minimum atomic E-state index is -0.562. The van der Waals surface area contributed by atoms with Gasteiger partial charge in [0.25, 0.3) is 0 Å². The van der Waals surface area contributed by atoms with Gasteiger partial charge >= 0.3 is 5.97 Å². The molecule has 1 aromatic heterocycles. The predicted molar refractivity (Wildman–Crippen MR) is 100 cm³/mol. The van der Waals surface area contributed by atoms with Crippen molar-refractivity contribution in [3.63, 3.8) is 0 Å². The van der Waals surface area contributed by atoms with Crippen LogP contribution in [0.25, 0.3) is 0 Å². The number of hydrogen-bond acceptors (Lipinski definition) is 4. The SMILES string of the molecule is Cc1ccc(OCC(=O)OC(c2ccccc2)c2ccccn2)cc1C. The summed E-state index contributed by atoms with van der Waals surface area (Å²) in [5.74, 6) is 0.210. The highest BCUT2D eigenvalue weighted by atomic mass is 16.6. The van der Waals surface area contributed by atoms with E-state index in [1.165, 1.54) is 5.56 Å². The van der Waals surface area contributed by atoms with Crippen LogP contribution in [0.4, 0.5) is 0 Å². The third-order valence-electron chi connectivity index (χ3n) is 4.14. The van der Waals surface area contributed by atoms with Crippen LogP contribution in [-0.4, -0.2) is 17.6 Å². The highest BCUT2D eigenvalue weighted by molar-refractivity contribution is 5.71. The molecule has 0 spiro atoms. The van der Waals surface area contributed by atoms with Crippen LogP contribution in [0.3, 0.4) is 0 Å². The van der Waals surface area contributed by atoms with Crippen molar-refractivity contribution in [1.82, 2.24) is 4.98 Å². The monoisotopic (exact) mass is 347 g/mol. The Balaban J connectivity index is 1.70. The molecule has 0 saturated carbocycles. The topological polar surface area (TPSA) is 48.4 Å². The average Bonchev–Trinajstić information content (AvgIpc) is 2.68. The molecule has 4 nitrogen and oxygen atoms in total. The quantitative estimate of drug-likeness (QED) is 0.620. The van der Waals surface area contributed by atoms with E-state index in [-0.39, 0.29) is 6.61 Å². The highest BCUT2D eigenvalue weighted by Crippen LogP contribution is 2.24. The fraction of sp³-hybridized carbons (Fsp3) is 0.182. The van der Waals surface area contributed by atoms with Gasteiger partial charge in [0.2, 0.25) is 0 Å². The fourth-order valence-electron chi connectivity index (χ4n) is 2.57. The zero-order chi connectivity index (χ0) is 18.4. The summed E-state index contributed by atoms with van der Waals surface area (Å²) < 4.78 is 11.3. The minimum Gasteiger partial charge on any atom is -0.482 e. The second-order valence-corrected chi connectivity index (χ2v) is 6.07. The van der Waals surface area contributed by atoms with Gasteiger partial charge in [0.1, 0.15) is 5.75 Å². The van der Waals surface area contributed by atoms with E-state index in [2.05, 4.69) is 4.98 Å². The molecule has 0 aliphatic heterocycles. The first kappa shape index (κ1) is 17.7. The standard InChI is InChI=1S/C22H21NO3/c1-16-11-12-19(14-17(16)2)25-15-21(24)26-22(18-8-4-3-5-9-18)20-10-6-7-13-23-20/h3-14,22H,15H2,1-2H3. The van der Waals surface area contributed by atoms with Gasteiger partial charge in [-0.2, -0.15) is 0 Å². The summed E-state index contributed by atoms with van der Waals surface area (Å²) in [6.07, 6.45) is 1.12. The number of pyridine rings is 1. The molecule has 0 aliphatic carbocycles. The number of benzene rings is 2. The summed E-state index contributed by atoms with van der Waals surface area (Å²) in [5.41, 5.74) is 3.84. The van der Waals surface area contributed by atoms with E-state index in [9.17, 15) is 4.79 Å². The summed E-state index contributed by atoms with van der Waals surface area (Å²) in [4.78, 5) is 16.7. The van der Waals surface area contributed by atoms with E-state index in [1.807, 2.05) is 80.6 Å². The Bertz CT molecular complexity index is 824. The lowest BCUT2D eigenvalue weighted by molar-refractivity contribution is -0.150. The number of aryl methyl sites for hydroxylation is 2. The van der Waals surface area contributed by atoms with Crippen LogP contribution >= 0.6 is 0 Å². The zero-order valence-corrected chi connectivity index (χ0v) is 14.9. The molecule has 2 aromatic carbocycles. The van der Waals surface area contributed by atoms with Crippen molar-refractivity contribution >= 4 is 5.97 Å². The number of ether oxygens (including phenoxy) is 2. The average molecular weight is 347 g/mol.